The van der Waals surface area contributed by atoms with Crippen molar-refractivity contribution >= 4 is 51.3 Å². The first kappa shape index (κ1) is 29.9. The topological polar surface area (TPSA) is 90.0 Å². The number of hydrogen-bond acceptors (Lipinski definition) is 9. The molecule has 9 nitrogen and oxygen atoms in total. The van der Waals surface area contributed by atoms with Crippen molar-refractivity contribution < 1.29 is 19.0 Å². The summed E-state index contributed by atoms with van der Waals surface area (Å²) in [6, 6.07) is 16.8. The van der Waals surface area contributed by atoms with Crippen LogP contribution in [0, 0.1) is 0 Å². The van der Waals surface area contributed by atoms with Crippen LogP contribution in [0.25, 0.3) is 16.6 Å². The zero-order valence-electron chi connectivity index (χ0n) is 23.4. The molecule has 1 aliphatic rings. The Bertz CT molecular complexity index is 1510. The lowest BCUT2D eigenvalue weighted by molar-refractivity contribution is 0.0357. The monoisotopic (exact) mass is 609 g/mol. The second kappa shape index (κ2) is 14.5. The molecule has 42 heavy (non-hydrogen) atoms. The summed E-state index contributed by atoms with van der Waals surface area (Å²) in [7, 11) is 1.63. The molecule has 0 spiro atoms. The van der Waals surface area contributed by atoms with Gasteiger partial charge < -0.3 is 19.5 Å². The fraction of sp³-hybridized carbons (Fsp3) is 0.290. The van der Waals surface area contributed by atoms with E-state index in [1.165, 1.54) is 6.33 Å². The Kier molecular flexibility index (Phi) is 10.3. The lowest BCUT2D eigenvalue weighted by Crippen LogP contribution is -2.37. The molecule has 0 bridgehead atoms. The fourth-order valence-corrected chi connectivity index (χ4v) is 4.98. The van der Waals surface area contributed by atoms with Crippen LogP contribution in [0.2, 0.25) is 10.0 Å². The van der Waals surface area contributed by atoms with E-state index >= 15 is 0 Å². The van der Waals surface area contributed by atoms with Gasteiger partial charge in [0.25, 0.3) is 0 Å². The average molecular weight is 611 g/mol. The summed E-state index contributed by atoms with van der Waals surface area (Å²) in [6.07, 6.45) is 2.43. The van der Waals surface area contributed by atoms with E-state index in [0.717, 1.165) is 67.0 Å². The number of morpholine rings is 1. The number of anilines is 2. The molecule has 11 heteroatoms. The number of halogens is 2. The Balaban J connectivity index is 1.20. The van der Waals surface area contributed by atoms with E-state index in [1.54, 1.807) is 19.2 Å². The normalized spacial score (nSPS) is 13.6. The van der Waals surface area contributed by atoms with Crippen LogP contribution in [0.5, 0.6) is 11.5 Å². The minimum atomic E-state index is 0.264. The summed E-state index contributed by atoms with van der Waals surface area (Å²) in [5, 5.41) is 5.34. The molecule has 0 amide bonds. The Morgan fingerprint density at radius 2 is 1.83 bits per heavy atom. The van der Waals surface area contributed by atoms with Gasteiger partial charge in [-0.3, -0.25) is 15.2 Å². The molecule has 5 rings (SSSR count). The third kappa shape index (κ3) is 7.81. The van der Waals surface area contributed by atoms with E-state index in [2.05, 4.69) is 32.2 Å². The predicted octanol–water partition coefficient (Wildman–Crippen LogP) is 6.48. The third-order valence-electron chi connectivity index (χ3n) is 6.83. The van der Waals surface area contributed by atoms with Gasteiger partial charge in [-0.2, -0.15) is 0 Å². The molecular formula is C31H33Cl2N5O4. The molecule has 1 aromatic heterocycles. The predicted molar refractivity (Wildman–Crippen MR) is 167 cm³/mol. The van der Waals surface area contributed by atoms with Crippen LogP contribution >= 0.6 is 23.2 Å². The van der Waals surface area contributed by atoms with E-state index in [4.69, 9.17) is 42.3 Å². The van der Waals surface area contributed by atoms with Crippen LogP contribution < -0.4 is 20.3 Å². The van der Waals surface area contributed by atoms with Gasteiger partial charge in [0.1, 0.15) is 18.8 Å². The van der Waals surface area contributed by atoms with Crippen molar-refractivity contribution in [2.75, 3.05) is 51.9 Å². The first-order chi connectivity index (χ1) is 20.5. The molecule has 4 aromatic rings. The van der Waals surface area contributed by atoms with E-state index in [0.29, 0.717) is 39.7 Å². The molecule has 1 aliphatic heterocycles. The Morgan fingerprint density at radius 1 is 1.02 bits per heavy atom. The van der Waals surface area contributed by atoms with Crippen molar-refractivity contribution in [2.24, 2.45) is 0 Å². The average Bonchev–Trinajstić information content (AvgIpc) is 3.01. The lowest BCUT2D eigenvalue weighted by Gasteiger charge is -2.26. The molecule has 1 saturated heterocycles. The molecule has 2 N–H and O–H groups in total. The molecule has 3 aromatic carbocycles. The van der Waals surface area contributed by atoms with Gasteiger partial charge in [0.2, 0.25) is 0 Å². The Morgan fingerprint density at radius 3 is 2.60 bits per heavy atom. The van der Waals surface area contributed by atoms with Crippen LogP contribution in [-0.2, 0) is 16.2 Å². The quantitative estimate of drug-likeness (QED) is 0.130. The molecule has 0 unspecified atom stereocenters. The van der Waals surface area contributed by atoms with Gasteiger partial charge in [0.15, 0.2) is 11.5 Å². The number of nitrogens with zero attached hydrogens (tertiary/aromatic N) is 3. The molecule has 220 valence electrons. The van der Waals surface area contributed by atoms with Crippen LogP contribution in [0.4, 0.5) is 11.5 Å². The van der Waals surface area contributed by atoms with Crippen molar-refractivity contribution in [3.05, 3.63) is 88.7 Å². The number of hydroxylamine groups is 1. The number of ether oxygens (including phenoxy) is 3. The standard InChI is InChI=1S/C31H33Cl2N5O4/c1-21(37-42-19-23-4-7-24(32)16-27(23)33)22-5-8-25(9-6-22)36-31-26-17-30(29(39-2)18-28(26)34-20-35-31)41-13-3-10-38-11-14-40-15-12-38/h4-9,16-18,20,37H,1,3,10-15,19H2,2H3,(H,34,35,36). The zero-order valence-corrected chi connectivity index (χ0v) is 24.9. The van der Waals surface area contributed by atoms with Crippen LogP contribution in [0.15, 0.2) is 67.5 Å². The van der Waals surface area contributed by atoms with E-state index in [1.807, 2.05) is 42.5 Å². The van der Waals surface area contributed by atoms with Gasteiger partial charge in [-0.15, -0.1) is 0 Å². The number of aromatic nitrogens is 2. The van der Waals surface area contributed by atoms with Crippen molar-refractivity contribution in [2.45, 2.75) is 13.0 Å². The summed E-state index contributed by atoms with van der Waals surface area (Å²) < 4.78 is 17.2. The van der Waals surface area contributed by atoms with Crippen molar-refractivity contribution in [1.29, 1.82) is 0 Å². The van der Waals surface area contributed by atoms with Gasteiger partial charge >= 0.3 is 0 Å². The van der Waals surface area contributed by atoms with Gasteiger partial charge in [0, 0.05) is 46.8 Å². The first-order valence-electron chi connectivity index (χ1n) is 13.6. The van der Waals surface area contributed by atoms with Gasteiger partial charge in [-0.05, 0) is 47.9 Å². The maximum absolute atomic E-state index is 6.21. The van der Waals surface area contributed by atoms with Crippen molar-refractivity contribution in [3.8, 4) is 11.5 Å². The van der Waals surface area contributed by atoms with Crippen molar-refractivity contribution in [1.82, 2.24) is 20.3 Å². The highest BCUT2D eigenvalue weighted by atomic mass is 35.5. The molecule has 0 radical (unpaired) electrons. The number of hydrogen-bond donors (Lipinski definition) is 2. The molecule has 0 atom stereocenters. The third-order valence-corrected chi connectivity index (χ3v) is 7.42. The molecular weight excluding hydrogens is 577 g/mol. The summed E-state index contributed by atoms with van der Waals surface area (Å²) in [5.74, 6) is 1.95. The minimum Gasteiger partial charge on any atom is -0.493 e. The van der Waals surface area contributed by atoms with E-state index in [9.17, 15) is 0 Å². The number of nitrogens with one attached hydrogen (secondary N) is 2. The minimum absolute atomic E-state index is 0.264. The molecule has 0 saturated carbocycles. The summed E-state index contributed by atoms with van der Waals surface area (Å²) >= 11 is 12.2. The Labute approximate surface area is 255 Å². The molecule has 2 heterocycles. The highest BCUT2D eigenvalue weighted by molar-refractivity contribution is 6.35. The van der Waals surface area contributed by atoms with Gasteiger partial charge in [0.05, 0.1) is 38.1 Å². The SMILES string of the molecule is C=C(NOCc1ccc(Cl)cc1Cl)c1ccc(Nc2ncnc3cc(OC)c(OCCCN4CCOCC4)cc23)cc1. The van der Waals surface area contributed by atoms with Crippen LogP contribution in [0.3, 0.4) is 0 Å². The summed E-state index contributed by atoms with van der Waals surface area (Å²) in [6.45, 7) is 9.38. The number of methoxy groups -OCH3 is 1. The maximum atomic E-state index is 6.21. The molecule has 1 fully saturated rings. The number of benzene rings is 3. The van der Waals surface area contributed by atoms with Crippen molar-refractivity contribution in [3.63, 3.8) is 0 Å². The molecule has 0 aliphatic carbocycles. The smallest absolute Gasteiger partial charge is 0.162 e. The van der Waals surface area contributed by atoms with Gasteiger partial charge in [-0.25, -0.2) is 9.97 Å². The largest absolute Gasteiger partial charge is 0.493 e. The van der Waals surface area contributed by atoms with Gasteiger partial charge in [-0.1, -0.05) is 48.0 Å². The lowest BCUT2D eigenvalue weighted by atomic mass is 10.1. The number of fused-ring (bicyclic) bond motifs is 1. The Hall–Kier alpha value is -3.60. The second-order valence-electron chi connectivity index (χ2n) is 9.71. The van der Waals surface area contributed by atoms with Crippen LogP contribution in [-0.4, -0.2) is 61.4 Å². The highest BCUT2D eigenvalue weighted by Crippen LogP contribution is 2.35. The summed E-state index contributed by atoms with van der Waals surface area (Å²) in [5.41, 5.74) is 6.77. The zero-order chi connectivity index (χ0) is 29.3. The summed E-state index contributed by atoms with van der Waals surface area (Å²) in [4.78, 5) is 16.9. The van der Waals surface area contributed by atoms with Crippen LogP contribution in [0.1, 0.15) is 17.5 Å². The fourth-order valence-electron chi connectivity index (χ4n) is 4.52. The highest BCUT2D eigenvalue weighted by Gasteiger charge is 2.14. The number of rotatable bonds is 13. The van der Waals surface area contributed by atoms with E-state index < -0.39 is 0 Å². The maximum Gasteiger partial charge on any atom is 0.162 e. The first-order valence-corrected chi connectivity index (χ1v) is 14.4. The second-order valence-corrected chi connectivity index (χ2v) is 10.5. The van der Waals surface area contributed by atoms with E-state index in [-0.39, 0.29) is 6.61 Å².